The van der Waals surface area contributed by atoms with Gasteiger partial charge in [-0.3, -0.25) is 0 Å². The van der Waals surface area contributed by atoms with Gasteiger partial charge in [0, 0.05) is 27.7 Å². The second kappa shape index (κ2) is 13.9. The molecule has 0 fully saturated rings. The smallest absolute Gasteiger partial charge is 0.0755 e. The van der Waals surface area contributed by atoms with Gasteiger partial charge >= 0.3 is 0 Å². The molecule has 0 N–H and O–H groups in total. The lowest BCUT2D eigenvalue weighted by atomic mass is 9.65. The third-order valence-electron chi connectivity index (χ3n) is 13.6. The summed E-state index contributed by atoms with van der Waals surface area (Å²) in [6.45, 7) is 0. The second-order valence-electron chi connectivity index (χ2n) is 16.8. The predicted octanol–water partition coefficient (Wildman–Crippen LogP) is 15.9. The molecule has 0 saturated heterocycles. The highest BCUT2D eigenvalue weighted by Crippen LogP contribution is 2.61. The zero-order chi connectivity index (χ0) is 41.5. The number of anilines is 3. The molecule has 2 aliphatic rings. The van der Waals surface area contributed by atoms with Crippen molar-refractivity contribution in [2.24, 2.45) is 0 Å². The third kappa shape index (κ3) is 5.19. The van der Waals surface area contributed by atoms with Crippen LogP contribution in [0.3, 0.4) is 0 Å². The lowest BCUT2D eigenvalue weighted by Gasteiger charge is -2.40. The van der Waals surface area contributed by atoms with E-state index in [9.17, 15) is 0 Å². The molecule has 1 aromatic heterocycles. The first-order valence-electron chi connectivity index (χ1n) is 21.8. The third-order valence-corrected chi connectivity index (χ3v) is 13.6. The van der Waals surface area contributed by atoms with Crippen molar-refractivity contribution in [3.63, 3.8) is 0 Å². The Labute approximate surface area is 367 Å². The van der Waals surface area contributed by atoms with E-state index < -0.39 is 5.41 Å². The topological polar surface area (TPSA) is 8.17 Å². The lowest BCUT2D eigenvalue weighted by Crippen LogP contribution is -2.33. The maximum Gasteiger partial charge on any atom is 0.0755 e. The largest absolute Gasteiger partial charge is 0.310 e. The Balaban J connectivity index is 1.12. The summed E-state index contributed by atoms with van der Waals surface area (Å²) in [6, 6.07) is 89.7. The maximum absolute atomic E-state index is 2.54. The van der Waals surface area contributed by atoms with Gasteiger partial charge in [0.25, 0.3) is 0 Å². The molecule has 0 amide bonds. The SMILES string of the molecule is c1ccc(-c2cccc(-c3ccccc3N(c3cccc(-c4ccccc4)c3)c3ccc4c(c3)C3(c5ccccc5-c5ccccc53)c3cccc5c6ccccc6n-4c35)c2)cc1. The van der Waals surface area contributed by atoms with Crippen LogP contribution in [0.2, 0.25) is 0 Å². The fourth-order valence-electron chi connectivity index (χ4n) is 11.0. The van der Waals surface area contributed by atoms with E-state index in [0.29, 0.717) is 0 Å². The molecule has 13 rings (SSSR count). The molecule has 1 aliphatic heterocycles. The van der Waals surface area contributed by atoms with Crippen LogP contribution >= 0.6 is 0 Å². The van der Waals surface area contributed by atoms with E-state index in [2.05, 4.69) is 252 Å². The molecule has 2 nitrogen and oxygen atoms in total. The van der Waals surface area contributed by atoms with E-state index in [1.165, 1.54) is 88.7 Å². The average molecular weight is 801 g/mol. The molecule has 294 valence electrons. The van der Waals surface area contributed by atoms with Crippen molar-refractivity contribution >= 4 is 38.9 Å². The minimum atomic E-state index is -0.566. The van der Waals surface area contributed by atoms with Gasteiger partial charge in [0.2, 0.25) is 0 Å². The fourth-order valence-corrected chi connectivity index (χ4v) is 11.0. The molecule has 2 heteroatoms. The van der Waals surface area contributed by atoms with E-state index in [1.807, 2.05) is 0 Å². The van der Waals surface area contributed by atoms with Crippen LogP contribution in [0.15, 0.2) is 243 Å². The van der Waals surface area contributed by atoms with Gasteiger partial charge in [0.1, 0.15) is 0 Å². The monoisotopic (exact) mass is 800 g/mol. The number of benzene rings is 10. The molecule has 0 saturated carbocycles. The van der Waals surface area contributed by atoms with Gasteiger partial charge in [0.15, 0.2) is 0 Å². The second-order valence-corrected chi connectivity index (χ2v) is 16.8. The van der Waals surface area contributed by atoms with Gasteiger partial charge in [-0.05, 0) is 110 Å². The molecule has 1 spiro atoms. The Morgan fingerprint density at radius 2 is 0.841 bits per heavy atom. The highest BCUT2D eigenvalue weighted by molar-refractivity contribution is 6.13. The summed E-state index contributed by atoms with van der Waals surface area (Å²) in [7, 11) is 0. The predicted molar refractivity (Wildman–Crippen MR) is 263 cm³/mol. The van der Waals surface area contributed by atoms with E-state index in [0.717, 1.165) is 22.6 Å². The van der Waals surface area contributed by atoms with Crippen LogP contribution in [-0.2, 0) is 5.41 Å². The number of rotatable bonds is 6. The van der Waals surface area contributed by atoms with Gasteiger partial charge in [-0.15, -0.1) is 0 Å². The molecule has 2 heterocycles. The van der Waals surface area contributed by atoms with E-state index in [4.69, 9.17) is 0 Å². The van der Waals surface area contributed by atoms with Crippen LogP contribution in [0.1, 0.15) is 22.3 Å². The minimum absolute atomic E-state index is 0.566. The first-order chi connectivity index (χ1) is 31.3. The first-order valence-corrected chi connectivity index (χ1v) is 21.8. The fraction of sp³-hybridized carbons (Fsp3) is 0.0164. The zero-order valence-corrected chi connectivity index (χ0v) is 34.5. The Morgan fingerprint density at radius 3 is 1.59 bits per heavy atom. The molecular weight excluding hydrogens is 761 g/mol. The average Bonchev–Trinajstić information content (AvgIpc) is 3.86. The molecule has 63 heavy (non-hydrogen) atoms. The Bertz CT molecular complexity index is 3530. The van der Waals surface area contributed by atoms with Crippen molar-refractivity contribution in [1.82, 2.24) is 4.57 Å². The quantitative estimate of drug-likeness (QED) is 0.163. The van der Waals surface area contributed by atoms with Gasteiger partial charge in [0.05, 0.1) is 27.8 Å². The summed E-state index contributed by atoms with van der Waals surface area (Å²) in [5.41, 5.74) is 21.3. The van der Waals surface area contributed by atoms with Crippen molar-refractivity contribution in [1.29, 1.82) is 0 Å². The van der Waals surface area contributed by atoms with Crippen molar-refractivity contribution in [3.8, 4) is 50.2 Å². The number of para-hydroxylation sites is 3. The van der Waals surface area contributed by atoms with E-state index in [1.54, 1.807) is 0 Å². The van der Waals surface area contributed by atoms with Gasteiger partial charge in [-0.1, -0.05) is 194 Å². The van der Waals surface area contributed by atoms with Crippen LogP contribution in [-0.4, -0.2) is 4.57 Å². The van der Waals surface area contributed by atoms with E-state index >= 15 is 0 Å². The number of fused-ring (bicyclic) bond motifs is 12. The maximum atomic E-state index is 2.54. The molecule has 11 aromatic rings. The minimum Gasteiger partial charge on any atom is -0.310 e. The number of aromatic nitrogens is 1. The Morgan fingerprint density at radius 1 is 0.317 bits per heavy atom. The van der Waals surface area contributed by atoms with Crippen LogP contribution in [0.5, 0.6) is 0 Å². The molecule has 1 aliphatic carbocycles. The molecule has 0 radical (unpaired) electrons. The molecule has 0 unspecified atom stereocenters. The van der Waals surface area contributed by atoms with Gasteiger partial charge in [-0.25, -0.2) is 0 Å². The lowest BCUT2D eigenvalue weighted by molar-refractivity contribution is 0.748. The molecular formula is C61H40N2. The summed E-state index contributed by atoms with van der Waals surface area (Å²) in [4.78, 5) is 2.49. The standard InChI is InChI=1S/C61H40N2/c1-3-18-41(19-4-1)43-22-15-24-45(38-43)48-26-9-13-34-57(48)62(46-25-16-23-44(39-46)42-20-5-2-6-21-42)47-36-37-59-56(40-47)61(53-31-11-7-27-49(53)50-28-8-12-32-54(50)61)55-33-17-30-52-51-29-10-14-35-58(51)63(59)60(52)55/h1-40H. The van der Waals surface area contributed by atoms with E-state index in [-0.39, 0.29) is 0 Å². The highest BCUT2D eigenvalue weighted by atomic mass is 15.1. The summed E-state index contributed by atoms with van der Waals surface area (Å²) in [5.74, 6) is 0. The number of hydrogen-bond donors (Lipinski definition) is 0. The van der Waals surface area contributed by atoms with Crippen molar-refractivity contribution in [2.45, 2.75) is 5.41 Å². The Hall–Kier alpha value is -8.20. The first kappa shape index (κ1) is 35.5. The van der Waals surface area contributed by atoms with Crippen molar-refractivity contribution in [2.75, 3.05) is 4.90 Å². The summed E-state index contributed by atoms with van der Waals surface area (Å²) in [5, 5.41) is 2.55. The van der Waals surface area contributed by atoms with Crippen molar-refractivity contribution < 1.29 is 0 Å². The summed E-state index contributed by atoms with van der Waals surface area (Å²) in [6.07, 6.45) is 0. The van der Waals surface area contributed by atoms with Crippen LogP contribution in [0.25, 0.3) is 72.0 Å². The van der Waals surface area contributed by atoms with Crippen LogP contribution in [0, 0.1) is 0 Å². The van der Waals surface area contributed by atoms with Crippen LogP contribution < -0.4 is 4.90 Å². The molecule has 10 aromatic carbocycles. The van der Waals surface area contributed by atoms with Gasteiger partial charge < -0.3 is 9.47 Å². The number of hydrogen-bond acceptors (Lipinski definition) is 1. The normalized spacial score (nSPS) is 12.9. The van der Waals surface area contributed by atoms with Gasteiger partial charge in [-0.2, -0.15) is 0 Å². The summed E-state index contributed by atoms with van der Waals surface area (Å²) >= 11 is 0. The number of nitrogens with zero attached hydrogens (tertiary/aromatic N) is 2. The van der Waals surface area contributed by atoms with Crippen molar-refractivity contribution in [3.05, 3.63) is 265 Å². The summed E-state index contributed by atoms with van der Waals surface area (Å²) < 4.78 is 2.54. The Kier molecular flexibility index (Phi) is 7.85. The zero-order valence-electron chi connectivity index (χ0n) is 34.5. The highest BCUT2D eigenvalue weighted by Gasteiger charge is 2.51. The molecule has 0 atom stereocenters. The molecule has 0 bridgehead atoms. The van der Waals surface area contributed by atoms with Crippen LogP contribution in [0.4, 0.5) is 17.1 Å².